The van der Waals surface area contributed by atoms with Crippen molar-refractivity contribution in [2.45, 2.75) is 26.9 Å². The molecule has 3 heterocycles. The smallest absolute Gasteiger partial charge is 0.274 e. The van der Waals surface area contributed by atoms with Crippen molar-refractivity contribution in [3.05, 3.63) is 95.1 Å². The van der Waals surface area contributed by atoms with Gasteiger partial charge in [0.15, 0.2) is 5.65 Å². The fraction of sp³-hybridized carbons (Fsp3) is 0.167. The van der Waals surface area contributed by atoms with E-state index in [0.29, 0.717) is 24.4 Å². The largest absolute Gasteiger partial charge is 0.328 e. The molecule has 0 aliphatic carbocycles. The molecule has 158 valence electrons. The third-order valence-electron chi connectivity index (χ3n) is 5.60. The highest BCUT2D eigenvalue weighted by Crippen LogP contribution is 2.24. The average Bonchev–Trinajstić information content (AvgIpc) is 3.31. The van der Waals surface area contributed by atoms with Gasteiger partial charge in [0, 0.05) is 29.9 Å². The number of amides is 1. The molecule has 0 atom stereocenters. The highest BCUT2D eigenvalue weighted by Gasteiger charge is 2.21. The fourth-order valence-electron chi connectivity index (χ4n) is 3.82. The lowest BCUT2D eigenvalue weighted by Gasteiger charge is -2.23. The van der Waals surface area contributed by atoms with E-state index in [4.69, 9.17) is 0 Å². The van der Waals surface area contributed by atoms with E-state index in [-0.39, 0.29) is 5.91 Å². The third kappa shape index (κ3) is 3.66. The number of aryl methyl sites for hydroxylation is 2. The minimum absolute atomic E-state index is 0.201. The summed E-state index contributed by atoms with van der Waals surface area (Å²) in [5, 5.41) is 13.4. The minimum atomic E-state index is -0.201. The van der Waals surface area contributed by atoms with E-state index in [1.807, 2.05) is 30.3 Å². The number of aromatic nitrogens is 6. The number of tetrazole rings is 1. The van der Waals surface area contributed by atoms with Gasteiger partial charge in [-0.2, -0.15) is 4.52 Å². The van der Waals surface area contributed by atoms with Crippen LogP contribution < -0.4 is 0 Å². The molecule has 0 spiro atoms. The molecule has 0 radical (unpaired) electrons. The highest BCUT2D eigenvalue weighted by molar-refractivity contribution is 5.92. The predicted octanol–water partition coefficient (Wildman–Crippen LogP) is 3.53. The molecule has 0 bridgehead atoms. The van der Waals surface area contributed by atoms with Gasteiger partial charge >= 0.3 is 0 Å². The Hall–Kier alpha value is -4.20. The molecule has 5 aromatic rings. The number of hydrogen-bond donors (Lipinski definition) is 0. The maximum atomic E-state index is 13.4. The van der Waals surface area contributed by atoms with E-state index in [1.165, 1.54) is 23.5 Å². The van der Waals surface area contributed by atoms with Crippen LogP contribution >= 0.6 is 0 Å². The van der Waals surface area contributed by atoms with Crippen LogP contribution in [0.1, 0.15) is 32.7 Å². The number of carbonyl (C=O) groups excluding carboxylic acids is 1. The van der Waals surface area contributed by atoms with E-state index >= 15 is 0 Å². The molecular weight excluding hydrogens is 402 g/mol. The van der Waals surface area contributed by atoms with Gasteiger partial charge in [0.05, 0.1) is 18.3 Å². The summed E-state index contributed by atoms with van der Waals surface area (Å²) in [5.41, 5.74) is 6.11. The average molecular weight is 423 g/mol. The second-order valence-electron chi connectivity index (χ2n) is 7.82. The lowest BCUT2D eigenvalue weighted by Crippen LogP contribution is -2.31. The number of nitrogens with zero attached hydrogens (tertiary/aromatic N) is 7. The van der Waals surface area contributed by atoms with Gasteiger partial charge < -0.3 is 4.90 Å². The molecule has 8 heteroatoms. The first-order valence-corrected chi connectivity index (χ1v) is 10.3. The zero-order chi connectivity index (χ0) is 22.1. The molecule has 1 amide bonds. The summed E-state index contributed by atoms with van der Waals surface area (Å²) < 4.78 is 1.74. The Morgan fingerprint density at radius 3 is 2.59 bits per heavy atom. The van der Waals surface area contributed by atoms with Gasteiger partial charge in [0.1, 0.15) is 5.69 Å². The summed E-state index contributed by atoms with van der Waals surface area (Å²) >= 11 is 0. The Labute approximate surface area is 184 Å². The Bertz CT molecular complexity index is 1410. The van der Waals surface area contributed by atoms with Crippen molar-refractivity contribution in [2.24, 2.45) is 0 Å². The quantitative estimate of drug-likeness (QED) is 0.430. The first-order chi connectivity index (χ1) is 15.6. The zero-order valence-corrected chi connectivity index (χ0v) is 17.8. The summed E-state index contributed by atoms with van der Waals surface area (Å²) in [7, 11) is 0. The Balaban J connectivity index is 1.60. The summed E-state index contributed by atoms with van der Waals surface area (Å²) in [6.45, 7) is 4.91. The molecule has 0 saturated carbocycles. The third-order valence-corrected chi connectivity index (χ3v) is 5.60. The van der Waals surface area contributed by atoms with Gasteiger partial charge in [0.2, 0.25) is 0 Å². The molecule has 2 aromatic carbocycles. The lowest BCUT2D eigenvalue weighted by molar-refractivity contribution is 0.0724. The molecule has 8 nitrogen and oxygen atoms in total. The van der Waals surface area contributed by atoms with E-state index in [0.717, 1.165) is 22.0 Å². The van der Waals surface area contributed by atoms with Crippen LogP contribution in [0.5, 0.6) is 0 Å². The Kier molecular flexibility index (Phi) is 5.03. The number of fused-ring (bicyclic) bond motifs is 3. The van der Waals surface area contributed by atoms with Crippen molar-refractivity contribution in [3.8, 4) is 0 Å². The number of hydrogen-bond acceptors (Lipinski definition) is 6. The second-order valence-corrected chi connectivity index (χ2v) is 7.82. The summed E-state index contributed by atoms with van der Waals surface area (Å²) in [6.07, 6.45) is 4.56. The van der Waals surface area contributed by atoms with Gasteiger partial charge in [0.25, 0.3) is 5.91 Å². The molecule has 5 rings (SSSR count). The van der Waals surface area contributed by atoms with Crippen molar-refractivity contribution >= 4 is 22.5 Å². The highest BCUT2D eigenvalue weighted by atomic mass is 16.2. The summed E-state index contributed by atoms with van der Waals surface area (Å²) in [5.74, 6) is -0.201. The van der Waals surface area contributed by atoms with Crippen LogP contribution in [0.25, 0.3) is 16.6 Å². The van der Waals surface area contributed by atoms with Crippen LogP contribution in [0.3, 0.4) is 0 Å². The molecule has 0 saturated heterocycles. The van der Waals surface area contributed by atoms with Crippen molar-refractivity contribution < 1.29 is 4.79 Å². The van der Waals surface area contributed by atoms with Crippen molar-refractivity contribution in [1.29, 1.82) is 0 Å². The van der Waals surface area contributed by atoms with Crippen molar-refractivity contribution in [2.75, 3.05) is 0 Å². The first kappa shape index (κ1) is 19.7. The van der Waals surface area contributed by atoms with Gasteiger partial charge in [-0.1, -0.05) is 30.3 Å². The van der Waals surface area contributed by atoms with E-state index in [2.05, 4.69) is 57.5 Å². The molecule has 0 N–H and O–H groups in total. The van der Waals surface area contributed by atoms with Gasteiger partial charge in [-0.05, 0) is 59.2 Å². The summed E-state index contributed by atoms with van der Waals surface area (Å²) in [6, 6.07) is 16.2. The first-order valence-electron chi connectivity index (χ1n) is 10.3. The number of rotatable bonds is 5. The van der Waals surface area contributed by atoms with Crippen LogP contribution in [0.15, 0.2) is 67.1 Å². The van der Waals surface area contributed by atoms with Crippen molar-refractivity contribution in [1.82, 2.24) is 34.9 Å². The molecule has 0 aliphatic rings. The lowest BCUT2D eigenvalue weighted by atomic mass is 10.0. The zero-order valence-electron chi connectivity index (χ0n) is 17.8. The topological polar surface area (TPSA) is 89.2 Å². The number of pyridine rings is 1. The monoisotopic (exact) mass is 423 g/mol. The number of benzene rings is 2. The fourth-order valence-corrected chi connectivity index (χ4v) is 3.82. The number of carbonyl (C=O) groups is 1. The molecule has 32 heavy (non-hydrogen) atoms. The molecule has 0 aliphatic heterocycles. The van der Waals surface area contributed by atoms with Gasteiger partial charge in [-0.25, -0.2) is 4.98 Å². The standard InChI is InChI=1S/C24H21N7O/c1-16-10-19-12-20(23-27-28-29-31(23)22(19)11-17(16)2)15-30(14-18-6-4-3-5-7-18)24(32)21-13-25-8-9-26-21/h3-13H,14-15H2,1-2H3. The minimum Gasteiger partial charge on any atom is -0.328 e. The van der Waals surface area contributed by atoms with Crippen LogP contribution in [-0.4, -0.2) is 40.8 Å². The van der Waals surface area contributed by atoms with Crippen LogP contribution in [0, 0.1) is 13.8 Å². The summed E-state index contributed by atoms with van der Waals surface area (Å²) in [4.78, 5) is 23.4. The second kappa shape index (κ2) is 8.14. The maximum Gasteiger partial charge on any atom is 0.274 e. The Morgan fingerprint density at radius 1 is 1.00 bits per heavy atom. The van der Waals surface area contributed by atoms with Crippen molar-refractivity contribution in [3.63, 3.8) is 0 Å². The molecule has 0 unspecified atom stereocenters. The van der Waals surface area contributed by atoms with E-state index in [1.54, 1.807) is 15.6 Å². The molecular formula is C24H21N7O. The van der Waals surface area contributed by atoms with Gasteiger partial charge in [-0.3, -0.25) is 9.78 Å². The normalized spacial score (nSPS) is 11.2. The van der Waals surface area contributed by atoms with Crippen LogP contribution in [0.2, 0.25) is 0 Å². The van der Waals surface area contributed by atoms with Gasteiger partial charge in [-0.15, -0.1) is 5.10 Å². The van der Waals surface area contributed by atoms with Crippen LogP contribution in [-0.2, 0) is 13.1 Å². The maximum absolute atomic E-state index is 13.4. The molecule has 0 fully saturated rings. The van der Waals surface area contributed by atoms with E-state index in [9.17, 15) is 4.79 Å². The van der Waals surface area contributed by atoms with E-state index < -0.39 is 0 Å². The SMILES string of the molecule is Cc1cc2cc(CN(Cc3ccccc3)C(=O)c3cnccn3)c3nnnn3c2cc1C. The predicted molar refractivity (Wildman–Crippen MR) is 120 cm³/mol. The Morgan fingerprint density at radius 2 is 1.81 bits per heavy atom. The van der Waals surface area contributed by atoms with Crippen LogP contribution in [0.4, 0.5) is 0 Å². The molecule has 3 aromatic heterocycles.